The second-order valence-electron chi connectivity index (χ2n) is 1.95. The van der Waals surface area contributed by atoms with Crippen molar-refractivity contribution in [3.05, 3.63) is 6.33 Å². The Morgan fingerprint density at radius 2 is 2.54 bits per heavy atom. The van der Waals surface area contributed by atoms with Gasteiger partial charge < -0.3 is 4.74 Å². The molecule has 0 radical (unpaired) electrons. The van der Waals surface area contributed by atoms with Crippen LogP contribution in [-0.2, 0) is 9.53 Å². The normalized spacial score (nSPS) is 10.4. The van der Waals surface area contributed by atoms with Crippen molar-refractivity contribution in [3.63, 3.8) is 0 Å². The maximum Gasteiger partial charge on any atom is 0.345 e. The molecule has 13 heavy (non-hydrogen) atoms. The van der Waals surface area contributed by atoms with Gasteiger partial charge in [-0.1, -0.05) is 0 Å². The first-order chi connectivity index (χ1) is 6.18. The lowest BCUT2D eigenvalue weighted by Gasteiger charge is -2.01. The van der Waals surface area contributed by atoms with Gasteiger partial charge >= 0.3 is 6.61 Å². The molecule has 1 aromatic rings. The van der Waals surface area contributed by atoms with Crippen LogP contribution in [0, 0.1) is 0 Å². The number of alkyl halides is 2. The van der Waals surface area contributed by atoms with Crippen molar-refractivity contribution < 1.29 is 18.3 Å². The standard InChI is InChI=1S/C5H6F2N4O2/c6-4(7)13-1-3(12)10-5-8-2-9-11-5/h2,4H,1H2,(H2,8,9,10,11,12). The lowest BCUT2D eigenvalue weighted by molar-refractivity contribution is -0.148. The number of hydrogen-bond donors (Lipinski definition) is 2. The maximum atomic E-state index is 11.4. The van der Waals surface area contributed by atoms with Crippen LogP contribution in [0.3, 0.4) is 0 Å². The number of ether oxygens (including phenoxy) is 1. The molecule has 0 aliphatic carbocycles. The Morgan fingerprint density at radius 1 is 1.77 bits per heavy atom. The van der Waals surface area contributed by atoms with Crippen molar-refractivity contribution in [1.29, 1.82) is 0 Å². The summed E-state index contributed by atoms with van der Waals surface area (Å²) in [5.74, 6) is -0.639. The zero-order valence-electron chi connectivity index (χ0n) is 6.33. The highest BCUT2D eigenvalue weighted by atomic mass is 19.3. The molecular formula is C5H6F2N4O2. The van der Waals surface area contributed by atoms with E-state index in [0.29, 0.717) is 0 Å². The van der Waals surface area contributed by atoms with Crippen molar-refractivity contribution in [1.82, 2.24) is 15.2 Å². The summed E-state index contributed by atoms with van der Waals surface area (Å²) in [5.41, 5.74) is 0. The number of H-pyrrole nitrogens is 1. The largest absolute Gasteiger partial charge is 0.345 e. The van der Waals surface area contributed by atoms with E-state index in [4.69, 9.17) is 0 Å². The van der Waals surface area contributed by atoms with Gasteiger partial charge in [-0.2, -0.15) is 18.9 Å². The molecule has 1 rings (SSSR count). The molecule has 0 aliphatic heterocycles. The van der Waals surface area contributed by atoms with Crippen LogP contribution in [0.15, 0.2) is 6.33 Å². The van der Waals surface area contributed by atoms with Crippen molar-refractivity contribution in [2.24, 2.45) is 0 Å². The van der Waals surface area contributed by atoms with E-state index in [9.17, 15) is 13.6 Å². The van der Waals surface area contributed by atoms with E-state index < -0.39 is 19.1 Å². The van der Waals surface area contributed by atoms with E-state index in [1.54, 1.807) is 0 Å². The molecule has 0 saturated carbocycles. The number of anilines is 1. The summed E-state index contributed by atoms with van der Waals surface area (Å²) in [6.45, 7) is -3.68. The van der Waals surface area contributed by atoms with Gasteiger partial charge in [0.25, 0.3) is 5.91 Å². The molecule has 0 spiro atoms. The zero-order chi connectivity index (χ0) is 9.68. The number of aromatic nitrogens is 3. The first-order valence-corrected chi connectivity index (χ1v) is 3.23. The first-order valence-electron chi connectivity index (χ1n) is 3.23. The topological polar surface area (TPSA) is 79.9 Å². The summed E-state index contributed by atoms with van der Waals surface area (Å²) in [6, 6.07) is 0. The highest BCUT2D eigenvalue weighted by molar-refractivity contribution is 5.89. The Balaban J connectivity index is 2.26. The molecule has 2 N–H and O–H groups in total. The molecule has 0 aliphatic rings. The van der Waals surface area contributed by atoms with Crippen molar-refractivity contribution in [3.8, 4) is 0 Å². The van der Waals surface area contributed by atoms with Crippen LogP contribution in [0.25, 0.3) is 0 Å². The van der Waals surface area contributed by atoms with E-state index in [1.165, 1.54) is 6.33 Å². The van der Waals surface area contributed by atoms with Gasteiger partial charge in [-0.25, -0.2) is 5.10 Å². The predicted molar refractivity (Wildman–Crippen MR) is 37.0 cm³/mol. The molecule has 0 aromatic carbocycles. The average Bonchev–Trinajstić information content (AvgIpc) is 2.53. The molecule has 0 atom stereocenters. The third-order valence-electron chi connectivity index (χ3n) is 1.01. The van der Waals surface area contributed by atoms with Crippen LogP contribution in [0.4, 0.5) is 14.7 Å². The maximum absolute atomic E-state index is 11.4. The van der Waals surface area contributed by atoms with Gasteiger partial charge in [0.2, 0.25) is 5.95 Å². The van der Waals surface area contributed by atoms with E-state index in [-0.39, 0.29) is 5.95 Å². The molecule has 6 nitrogen and oxygen atoms in total. The first kappa shape index (κ1) is 9.52. The Labute approximate surface area is 71.3 Å². The number of carbonyl (C=O) groups excluding carboxylic acids is 1. The molecule has 1 amide bonds. The fourth-order valence-corrected chi connectivity index (χ4v) is 0.573. The molecular weight excluding hydrogens is 186 g/mol. The molecule has 0 saturated heterocycles. The minimum Gasteiger partial charge on any atom is -0.313 e. The van der Waals surface area contributed by atoms with Crippen LogP contribution < -0.4 is 5.32 Å². The Morgan fingerprint density at radius 3 is 3.08 bits per heavy atom. The lowest BCUT2D eigenvalue weighted by Crippen LogP contribution is -2.20. The molecule has 1 heterocycles. The van der Waals surface area contributed by atoms with E-state index in [2.05, 4.69) is 25.2 Å². The Kier molecular flexibility index (Phi) is 3.26. The van der Waals surface area contributed by atoms with Crippen molar-refractivity contribution in [2.45, 2.75) is 6.61 Å². The third-order valence-corrected chi connectivity index (χ3v) is 1.01. The summed E-state index contributed by atoms with van der Waals surface area (Å²) >= 11 is 0. The highest BCUT2D eigenvalue weighted by Crippen LogP contribution is 1.96. The second kappa shape index (κ2) is 4.45. The van der Waals surface area contributed by atoms with E-state index in [1.807, 2.05) is 0 Å². The molecule has 1 aromatic heterocycles. The van der Waals surface area contributed by atoms with Gasteiger partial charge in [0.05, 0.1) is 0 Å². The van der Waals surface area contributed by atoms with Crippen LogP contribution in [0.5, 0.6) is 0 Å². The summed E-state index contributed by atoms with van der Waals surface area (Å²) in [6.07, 6.45) is 1.17. The molecule has 0 bridgehead atoms. The minimum absolute atomic E-state index is 0.0860. The summed E-state index contributed by atoms with van der Waals surface area (Å²) < 4.78 is 26.6. The Bertz CT molecular complexity index is 264. The SMILES string of the molecule is O=C(COC(F)F)Nc1ncn[nH]1. The highest BCUT2D eigenvalue weighted by Gasteiger charge is 2.08. The number of amides is 1. The summed E-state index contributed by atoms with van der Waals surface area (Å²) in [7, 11) is 0. The average molecular weight is 192 g/mol. The van der Waals surface area contributed by atoms with Crippen LogP contribution >= 0.6 is 0 Å². The lowest BCUT2D eigenvalue weighted by atomic mass is 10.6. The number of carbonyl (C=O) groups is 1. The molecule has 0 fully saturated rings. The van der Waals surface area contributed by atoms with Gasteiger partial charge in [-0.15, -0.1) is 0 Å². The van der Waals surface area contributed by atoms with E-state index in [0.717, 1.165) is 0 Å². The predicted octanol–water partition coefficient (Wildman–Crippen LogP) is -0.0176. The van der Waals surface area contributed by atoms with Gasteiger partial charge in [0.15, 0.2) is 0 Å². The van der Waals surface area contributed by atoms with Gasteiger partial charge in [-0.3, -0.25) is 10.1 Å². The number of rotatable bonds is 4. The Hall–Kier alpha value is -1.57. The zero-order valence-corrected chi connectivity index (χ0v) is 6.33. The molecule has 8 heteroatoms. The number of nitrogens with one attached hydrogen (secondary N) is 2. The van der Waals surface area contributed by atoms with Crippen LogP contribution in [0.2, 0.25) is 0 Å². The van der Waals surface area contributed by atoms with Crippen molar-refractivity contribution >= 4 is 11.9 Å². The number of halogens is 2. The number of hydrogen-bond acceptors (Lipinski definition) is 4. The fraction of sp³-hybridized carbons (Fsp3) is 0.400. The molecule has 72 valence electrons. The smallest absolute Gasteiger partial charge is 0.313 e. The van der Waals surface area contributed by atoms with Gasteiger partial charge in [0, 0.05) is 0 Å². The summed E-state index contributed by atoms with van der Waals surface area (Å²) in [4.78, 5) is 14.3. The second-order valence-corrected chi connectivity index (χ2v) is 1.95. The quantitative estimate of drug-likeness (QED) is 0.702. The molecule has 0 unspecified atom stereocenters. The van der Waals surface area contributed by atoms with Crippen LogP contribution in [-0.4, -0.2) is 34.3 Å². The minimum atomic E-state index is -2.96. The summed E-state index contributed by atoms with van der Waals surface area (Å²) in [5, 5.41) is 7.90. The fourth-order valence-electron chi connectivity index (χ4n) is 0.573. The van der Waals surface area contributed by atoms with E-state index >= 15 is 0 Å². The van der Waals surface area contributed by atoms with Crippen LogP contribution in [0.1, 0.15) is 0 Å². The number of aromatic amines is 1. The number of nitrogens with zero attached hydrogens (tertiary/aromatic N) is 2. The van der Waals surface area contributed by atoms with Crippen molar-refractivity contribution in [2.75, 3.05) is 11.9 Å². The van der Waals surface area contributed by atoms with Gasteiger partial charge in [0.1, 0.15) is 12.9 Å². The third kappa shape index (κ3) is 3.56. The van der Waals surface area contributed by atoms with Gasteiger partial charge in [-0.05, 0) is 0 Å². The monoisotopic (exact) mass is 192 g/mol.